The van der Waals surface area contributed by atoms with Gasteiger partial charge < -0.3 is 14.9 Å². The van der Waals surface area contributed by atoms with Gasteiger partial charge >= 0.3 is 0 Å². The van der Waals surface area contributed by atoms with E-state index < -0.39 is 6.10 Å². The molecule has 1 heterocycles. The number of anilines is 1. The maximum absolute atomic E-state index is 9.60. The van der Waals surface area contributed by atoms with Crippen molar-refractivity contribution in [2.75, 3.05) is 38.6 Å². The molecule has 1 aliphatic rings. The van der Waals surface area contributed by atoms with Gasteiger partial charge in [0.15, 0.2) is 0 Å². The lowest BCUT2D eigenvalue weighted by Gasteiger charge is -2.25. The Hall–Kier alpha value is -0.580. The van der Waals surface area contributed by atoms with E-state index in [2.05, 4.69) is 45.9 Å². The van der Waals surface area contributed by atoms with Gasteiger partial charge in [0.05, 0.1) is 11.8 Å². The van der Waals surface area contributed by atoms with Gasteiger partial charge in [-0.25, -0.2) is 0 Å². The van der Waals surface area contributed by atoms with E-state index in [-0.39, 0.29) is 0 Å². The molecule has 0 saturated carbocycles. The van der Waals surface area contributed by atoms with Gasteiger partial charge in [-0.1, -0.05) is 6.07 Å². The minimum absolute atomic E-state index is 0.417. The normalized spacial score (nSPS) is 21.6. The summed E-state index contributed by atoms with van der Waals surface area (Å²) in [5, 5.41) is 9.60. The summed E-state index contributed by atoms with van der Waals surface area (Å²) in [6.45, 7) is 5.27. The number of rotatable bonds is 4. The van der Waals surface area contributed by atoms with E-state index in [4.69, 9.17) is 0 Å². The molecule has 0 aromatic heterocycles. The lowest BCUT2D eigenvalue weighted by atomic mass is 10.1. The van der Waals surface area contributed by atoms with Crippen molar-refractivity contribution < 1.29 is 5.11 Å². The van der Waals surface area contributed by atoms with Crippen LogP contribution in [0.15, 0.2) is 22.7 Å². The molecule has 0 radical (unpaired) electrons. The number of aliphatic hydroxyl groups is 1. The summed E-state index contributed by atoms with van der Waals surface area (Å²) in [5.41, 5.74) is 2.14. The predicted octanol–water partition coefficient (Wildman–Crippen LogP) is 2.89. The Bertz CT molecular complexity index is 436. The molecule has 2 atom stereocenters. The highest BCUT2D eigenvalue weighted by molar-refractivity contribution is 9.10. The Labute approximate surface area is 124 Å². The fourth-order valence-corrected chi connectivity index (χ4v) is 3.45. The summed E-state index contributed by atoms with van der Waals surface area (Å²) in [4.78, 5) is 4.70. The Morgan fingerprint density at radius 2 is 2.26 bits per heavy atom. The summed E-state index contributed by atoms with van der Waals surface area (Å²) in [7, 11) is 4.33. The first-order valence-electron chi connectivity index (χ1n) is 6.84. The molecule has 106 valence electrons. The van der Waals surface area contributed by atoms with E-state index in [9.17, 15) is 5.11 Å². The third-order valence-electron chi connectivity index (χ3n) is 3.89. The molecule has 1 N–H and O–H groups in total. The number of nitrogens with zero attached hydrogens (tertiary/aromatic N) is 2. The van der Waals surface area contributed by atoms with Gasteiger partial charge in [0.2, 0.25) is 0 Å². The zero-order chi connectivity index (χ0) is 14.0. The fourth-order valence-electron chi connectivity index (χ4n) is 2.75. The second-order valence-electron chi connectivity index (χ2n) is 5.68. The van der Waals surface area contributed by atoms with E-state index >= 15 is 0 Å². The van der Waals surface area contributed by atoms with E-state index in [0.29, 0.717) is 0 Å². The SMILES string of the molecule is C[C@@H](O)c1ccc(N(C)CC2CCN(C)C2)c(Br)c1. The van der Waals surface area contributed by atoms with E-state index in [1.54, 1.807) is 6.92 Å². The van der Waals surface area contributed by atoms with Gasteiger partial charge in [-0.2, -0.15) is 0 Å². The first-order valence-corrected chi connectivity index (χ1v) is 7.64. The molecule has 1 fully saturated rings. The van der Waals surface area contributed by atoms with Crippen LogP contribution in [0.2, 0.25) is 0 Å². The minimum atomic E-state index is -0.417. The first-order chi connectivity index (χ1) is 8.97. The Kier molecular flexibility index (Phi) is 4.87. The molecular formula is C15H23BrN2O. The third kappa shape index (κ3) is 3.71. The molecule has 1 aromatic carbocycles. The molecule has 4 heteroatoms. The van der Waals surface area contributed by atoms with Crippen LogP contribution in [0.25, 0.3) is 0 Å². The predicted molar refractivity (Wildman–Crippen MR) is 83.6 cm³/mol. The quantitative estimate of drug-likeness (QED) is 0.921. The van der Waals surface area contributed by atoms with Gasteiger partial charge in [-0.15, -0.1) is 0 Å². The Morgan fingerprint density at radius 3 is 2.79 bits per heavy atom. The third-order valence-corrected chi connectivity index (χ3v) is 4.52. The van der Waals surface area contributed by atoms with Crippen LogP contribution in [0.3, 0.4) is 0 Å². The summed E-state index contributed by atoms with van der Waals surface area (Å²) < 4.78 is 1.06. The number of hydrogen-bond acceptors (Lipinski definition) is 3. The number of hydrogen-bond donors (Lipinski definition) is 1. The highest BCUT2D eigenvalue weighted by Crippen LogP contribution is 2.30. The Balaban J connectivity index is 2.04. The monoisotopic (exact) mass is 326 g/mol. The Morgan fingerprint density at radius 1 is 1.53 bits per heavy atom. The first kappa shape index (κ1) is 14.8. The molecule has 1 saturated heterocycles. The van der Waals surface area contributed by atoms with Gasteiger partial charge in [0, 0.05) is 24.6 Å². The number of aliphatic hydroxyl groups excluding tert-OH is 1. The number of halogens is 1. The zero-order valence-corrected chi connectivity index (χ0v) is 13.5. The van der Waals surface area contributed by atoms with Crippen molar-refractivity contribution in [3.63, 3.8) is 0 Å². The van der Waals surface area contributed by atoms with Gasteiger partial charge in [-0.3, -0.25) is 0 Å². The number of likely N-dealkylation sites (tertiary alicyclic amines) is 1. The van der Waals surface area contributed by atoms with Crippen LogP contribution in [0.5, 0.6) is 0 Å². The van der Waals surface area contributed by atoms with Crippen LogP contribution in [0, 0.1) is 5.92 Å². The molecule has 1 aliphatic heterocycles. The van der Waals surface area contributed by atoms with Gasteiger partial charge in [0.1, 0.15) is 0 Å². The summed E-state index contributed by atoms with van der Waals surface area (Å²) in [5.74, 6) is 0.748. The topological polar surface area (TPSA) is 26.7 Å². The molecule has 19 heavy (non-hydrogen) atoms. The second-order valence-corrected chi connectivity index (χ2v) is 6.54. The molecule has 0 amide bonds. The van der Waals surface area contributed by atoms with Gasteiger partial charge in [-0.05, 0) is 66.5 Å². The lowest BCUT2D eigenvalue weighted by Crippen LogP contribution is -2.27. The van der Waals surface area contributed by atoms with Crippen molar-refractivity contribution in [3.8, 4) is 0 Å². The van der Waals surface area contributed by atoms with Crippen molar-refractivity contribution in [3.05, 3.63) is 28.2 Å². The van der Waals surface area contributed by atoms with Crippen LogP contribution in [-0.2, 0) is 0 Å². The van der Waals surface area contributed by atoms with E-state index in [1.165, 1.54) is 25.2 Å². The van der Waals surface area contributed by atoms with Crippen LogP contribution in [0.4, 0.5) is 5.69 Å². The maximum atomic E-state index is 9.60. The van der Waals surface area contributed by atoms with Crippen molar-refractivity contribution in [2.45, 2.75) is 19.4 Å². The fraction of sp³-hybridized carbons (Fsp3) is 0.600. The highest BCUT2D eigenvalue weighted by atomic mass is 79.9. The average Bonchev–Trinajstić information content (AvgIpc) is 2.74. The van der Waals surface area contributed by atoms with E-state index in [0.717, 1.165) is 22.5 Å². The summed E-state index contributed by atoms with van der Waals surface area (Å²) in [6, 6.07) is 6.10. The minimum Gasteiger partial charge on any atom is -0.389 e. The highest BCUT2D eigenvalue weighted by Gasteiger charge is 2.21. The largest absolute Gasteiger partial charge is 0.389 e. The smallest absolute Gasteiger partial charge is 0.0762 e. The molecule has 2 rings (SSSR count). The number of benzene rings is 1. The average molecular weight is 327 g/mol. The zero-order valence-electron chi connectivity index (χ0n) is 11.9. The lowest BCUT2D eigenvalue weighted by molar-refractivity contribution is 0.199. The second kappa shape index (κ2) is 6.25. The van der Waals surface area contributed by atoms with Crippen molar-refractivity contribution in [1.29, 1.82) is 0 Å². The molecule has 3 nitrogen and oxygen atoms in total. The molecular weight excluding hydrogens is 304 g/mol. The molecule has 0 aliphatic carbocycles. The summed E-state index contributed by atoms with van der Waals surface area (Å²) in [6.07, 6.45) is 0.864. The van der Waals surface area contributed by atoms with E-state index in [1.807, 2.05) is 12.1 Å². The summed E-state index contributed by atoms with van der Waals surface area (Å²) >= 11 is 3.61. The molecule has 1 unspecified atom stereocenters. The standard InChI is InChI=1S/C15H23BrN2O/c1-11(19)13-4-5-15(14(16)8-13)18(3)10-12-6-7-17(2)9-12/h4-5,8,11-12,19H,6-7,9-10H2,1-3H3/t11-,12?/m1/s1. The van der Waals surface area contributed by atoms with Crippen molar-refractivity contribution in [2.24, 2.45) is 5.92 Å². The van der Waals surface area contributed by atoms with Crippen molar-refractivity contribution in [1.82, 2.24) is 4.90 Å². The molecule has 0 bridgehead atoms. The van der Waals surface area contributed by atoms with Gasteiger partial charge in [0.25, 0.3) is 0 Å². The van der Waals surface area contributed by atoms with Crippen LogP contribution < -0.4 is 4.90 Å². The van der Waals surface area contributed by atoms with Crippen LogP contribution in [0.1, 0.15) is 25.0 Å². The molecule has 0 spiro atoms. The molecule has 1 aromatic rings. The van der Waals surface area contributed by atoms with Crippen molar-refractivity contribution >= 4 is 21.6 Å². The maximum Gasteiger partial charge on any atom is 0.0762 e. The van der Waals surface area contributed by atoms with Crippen LogP contribution >= 0.6 is 15.9 Å². The van der Waals surface area contributed by atoms with Crippen LogP contribution in [-0.4, -0.2) is 43.7 Å².